The first kappa shape index (κ1) is 10.0. The minimum absolute atomic E-state index is 0.253. The molecular formula is C10H21NO. The van der Waals surface area contributed by atoms with Crippen LogP contribution in [0.15, 0.2) is 0 Å². The zero-order valence-corrected chi connectivity index (χ0v) is 8.27. The van der Waals surface area contributed by atoms with Crippen molar-refractivity contribution in [3.8, 4) is 0 Å². The highest BCUT2D eigenvalue weighted by atomic mass is 16.3. The summed E-state index contributed by atoms with van der Waals surface area (Å²) in [5, 5.41) is 12.5. The number of hydrogen-bond donors (Lipinski definition) is 2. The number of aliphatic hydroxyl groups is 1. The van der Waals surface area contributed by atoms with Gasteiger partial charge in [-0.3, -0.25) is 0 Å². The van der Waals surface area contributed by atoms with Gasteiger partial charge in [-0.15, -0.1) is 0 Å². The van der Waals surface area contributed by atoms with Crippen molar-refractivity contribution < 1.29 is 5.11 Å². The monoisotopic (exact) mass is 171 g/mol. The van der Waals surface area contributed by atoms with Gasteiger partial charge in [0, 0.05) is 12.1 Å². The molecule has 0 aromatic carbocycles. The minimum atomic E-state index is 0.253. The van der Waals surface area contributed by atoms with Gasteiger partial charge >= 0.3 is 0 Å². The highest BCUT2D eigenvalue weighted by Crippen LogP contribution is 2.37. The fraction of sp³-hybridized carbons (Fsp3) is 1.00. The lowest BCUT2D eigenvalue weighted by atomic mass is 9.85. The van der Waals surface area contributed by atoms with Crippen molar-refractivity contribution in [2.45, 2.75) is 45.1 Å². The van der Waals surface area contributed by atoms with Crippen LogP contribution in [-0.2, 0) is 0 Å². The molecule has 0 spiro atoms. The Balaban J connectivity index is 2.57. The summed E-state index contributed by atoms with van der Waals surface area (Å²) in [5.74, 6) is 0.726. The Morgan fingerprint density at radius 2 is 2.33 bits per heavy atom. The van der Waals surface area contributed by atoms with E-state index in [0.717, 1.165) is 18.9 Å². The fourth-order valence-corrected chi connectivity index (χ4v) is 2.52. The Kier molecular flexibility index (Phi) is 3.53. The lowest BCUT2D eigenvalue weighted by Crippen LogP contribution is -2.47. The quantitative estimate of drug-likeness (QED) is 0.672. The molecule has 0 bridgehead atoms. The molecule has 0 saturated heterocycles. The topological polar surface area (TPSA) is 32.3 Å². The molecule has 2 nitrogen and oxygen atoms in total. The molecule has 2 unspecified atom stereocenters. The van der Waals surface area contributed by atoms with Crippen molar-refractivity contribution in [3.63, 3.8) is 0 Å². The van der Waals surface area contributed by atoms with Crippen LogP contribution in [0.25, 0.3) is 0 Å². The van der Waals surface area contributed by atoms with Crippen molar-refractivity contribution in [2.75, 3.05) is 13.2 Å². The molecule has 0 aromatic heterocycles. The summed E-state index contributed by atoms with van der Waals surface area (Å²) in [7, 11) is 0. The number of rotatable bonds is 4. The molecule has 0 amide bonds. The molecule has 0 aromatic rings. The van der Waals surface area contributed by atoms with E-state index in [-0.39, 0.29) is 5.54 Å². The first-order valence-electron chi connectivity index (χ1n) is 5.11. The molecule has 1 aliphatic carbocycles. The smallest absolute Gasteiger partial charge is 0.0448 e. The van der Waals surface area contributed by atoms with Crippen molar-refractivity contribution in [1.82, 2.24) is 5.32 Å². The van der Waals surface area contributed by atoms with E-state index in [2.05, 4.69) is 19.2 Å². The average Bonchev–Trinajstić information content (AvgIpc) is 2.35. The van der Waals surface area contributed by atoms with E-state index in [4.69, 9.17) is 5.11 Å². The Morgan fingerprint density at radius 3 is 2.75 bits per heavy atom. The van der Waals surface area contributed by atoms with Gasteiger partial charge in [0.05, 0.1) is 0 Å². The van der Waals surface area contributed by atoms with Crippen LogP contribution in [0.5, 0.6) is 0 Å². The van der Waals surface area contributed by atoms with Gasteiger partial charge in [-0.1, -0.05) is 20.3 Å². The third-order valence-electron chi connectivity index (χ3n) is 3.29. The van der Waals surface area contributed by atoms with Crippen LogP contribution in [0.1, 0.15) is 39.5 Å². The van der Waals surface area contributed by atoms with Crippen LogP contribution in [0.3, 0.4) is 0 Å². The van der Waals surface area contributed by atoms with Crippen LogP contribution in [0.2, 0.25) is 0 Å². The number of aliphatic hydroxyl groups excluding tert-OH is 1. The highest BCUT2D eigenvalue weighted by molar-refractivity contribution is 4.96. The lowest BCUT2D eigenvalue weighted by Gasteiger charge is -2.34. The van der Waals surface area contributed by atoms with E-state index in [1.807, 2.05) is 0 Å². The molecule has 1 fully saturated rings. The van der Waals surface area contributed by atoms with E-state index in [1.54, 1.807) is 0 Å². The lowest BCUT2D eigenvalue weighted by molar-refractivity contribution is 0.179. The van der Waals surface area contributed by atoms with Gasteiger partial charge in [-0.2, -0.15) is 0 Å². The Hall–Kier alpha value is -0.0800. The van der Waals surface area contributed by atoms with Crippen LogP contribution in [0.4, 0.5) is 0 Å². The highest BCUT2D eigenvalue weighted by Gasteiger charge is 2.38. The average molecular weight is 171 g/mol. The standard InChI is InChI=1S/C10H21NO/c1-3-11-10(7-8-12)6-4-5-9(10)2/h9,11-12H,3-8H2,1-2H3. The summed E-state index contributed by atoms with van der Waals surface area (Å²) in [6.45, 7) is 5.77. The zero-order chi connectivity index (χ0) is 9.03. The van der Waals surface area contributed by atoms with Crippen molar-refractivity contribution in [3.05, 3.63) is 0 Å². The molecule has 0 radical (unpaired) electrons. The van der Waals surface area contributed by atoms with Gasteiger partial charge < -0.3 is 10.4 Å². The molecule has 0 aliphatic heterocycles. The molecule has 1 rings (SSSR count). The largest absolute Gasteiger partial charge is 0.396 e. The second kappa shape index (κ2) is 4.24. The molecule has 2 heteroatoms. The maximum absolute atomic E-state index is 9.00. The molecule has 2 atom stereocenters. The van der Waals surface area contributed by atoms with Crippen LogP contribution < -0.4 is 5.32 Å². The van der Waals surface area contributed by atoms with Crippen molar-refractivity contribution in [2.24, 2.45) is 5.92 Å². The Bertz CT molecular complexity index is 130. The van der Waals surface area contributed by atoms with E-state index in [0.29, 0.717) is 6.61 Å². The van der Waals surface area contributed by atoms with Gasteiger partial charge in [-0.05, 0) is 31.7 Å². The van der Waals surface area contributed by atoms with E-state index in [1.165, 1.54) is 19.3 Å². The van der Waals surface area contributed by atoms with E-state index >= 15 is 0 Å². The Morgan fingerprint density at radius 1 is 1.58 bits per heavy atom. The molecular weight excluding hydrogens is 150 g/mol. The van der Waals surface area contributed by atoms with Crippen LogP contribution >= 0.6 is 0 Å². The molecule has 72 valence electrons. The second-order valence-corrected chi connectivity index (χ2v) is 3.95. The minimum Gasteiger partial charge on any atom is -0.396 e. The first-order valence-corrected chi connectivity index (χ1v) is 5.11. The molecule has 2 N–H and O–H groups in total. The van der Waals surface area contributed by atoms with E-state index < -0.39 is 0 Å². The van der Waals surface area contributed by atoms with Gasteiger partial charge in [0.2, 0.25) is 0 Å². The maximum atomic E-state index is 9.00. The summed E-state index contributed by atoms with van der Waals surface area (Å²) in [4.78, 5) is 0. The summed E-state index contributed by atoms with van der Waals surface area (Å²) in [5.41, 5.74) is 0.253. The third-order valence-corrected chi connectivity index (χ3v) is 3.29. The summed E-state index contributed by atoms with van der Waals surface area (Å²) < 4.78 is 0. The predicted molar refractivity (Wildman–Crippen MR) is 51.1 cm³/mol. The molecule has 1 saturated carbocycles. The van der Waals surface area contributed by atoms with Crippen molar-refractivity contribution in [1.29, 1.82) is 0 Å². The summed E-state index contributed by atoms with van der Waals surface area (Å²) in [6.07, 6.45) is 4.78. The molecule has 0 heterocycles. The van der Waals surface area contributed by atoms with Gasteiger partial charge in [-0.25, -0.2) is 0 Å². The third kappa shape index (κ3) is 1.80. The number of nitrogens with one attached hydrogen (secondary N) is 1. The van der Waals surface area contributed by atoms with Crippen molar-refractivity contribution >= 4 is 0 Å². The van der Waals surface area contributed by atoms with Gasteiger partial charge in [0.25, 0.3) is 0 Å². The SMILES string of the molecule is CCNC1(CCO)CCCC1C. The first-order chi connectivity index (χ1) is 5.75. The van der Waals surface area contributed by atoms with Gasteiger partial charge in [0.15, 0.2) is 0 Å². The predicted octanol–water partition coefficient (Wildman–Crippen LogP) is 1.54. The molecule has 1 aliphatic rings. The second-order valence-electron chi connectivity index (χ2n) is 3.95. The van der Waals surface area contributed by atoms with E-state index in [9.17, 15) is 0 Å². The van der Waals surface area contributed by atoms with Crippen LogP contribution in [-0.4, -0.2) is 23.8 Å². The Labute approximate surface area is 75.4 Å². The maximum Gasteiger partial charge on any atom is 0.0448 e. The summed E-state index contributed by atoms with van der Waals surface area (Å²) >= 11 is 0. The normalized spacial score (nSPS) is 35.8. The zero-order valence-electron chi connectivity index (χ0n) is 8.27. The number of hydrogen-bond acceptors (Lipinski definition) is 2. The van der Waals surface area contributed by atoms with Gasteiger partial charge in [0.1, 0.15) is 0 Å². The molecule has 12 heavy (non-hydrogen) atoms. The fourth-order valence-electron chi connectivity index (χ4n) is 2.52. The summed E-state index contributed by atoms with van der Waals surface area (Å²) in [6, 6.07) is 0. The van der Waals surface area contributed by atoms with Crippen LogP contribution in [0, 0.1) is 5.92 Å².